The highest BCUT2D eigenvalue weighted by atomic mass is 16.5. The maximum Gasteiger partial charge on any atom is 0.258 e. The van der Waals surface area contributed by atoms with E-state index >= 15 is 0 Å². The molecule has 0 saturated heterocycles. The van der Waals surface area contributed by atoms with E-state index < -0.39 is 6.04 Å². The first-order valence-electron chi connectivity index (χ1n) is 16.1. The number of anilines is 1. The van der Waals surface area contributed by atoms with Gasteiger partial charge in [0.25, 0.3) is 5.91 Å². The first kappa shape index (κ1) is 35.5. The summed E-state index contributed by atoms with van der Waals surface area (Å²) in [5, 5.41) is 13.2. The minimum Gasteiger partial charge on any atom is -0.490 e. The number of carbonyl (C=O) groups is 2. The third kappa shape index (κ3) is 11.5. The van der Waals surface area contributed by atoms with Crippen molar-refractivity contribution in [2.45, 2.75) is 77.7 Å². The second kappa shape index (κ2) is 18.1. The van der Waals surface area contributed by atoms with Crippen molar-refractivity contribution >= 4 is 17.5 Å². The summed E-state index contributed by atoms with van der Waals surface area (Å²) in [6.07, 6.45) is 3.61. The molecular weight excluding hydrogens is 556 g/mol. The monoisotopic (exact) mass is 610 g/mol. The number of benzene rings is 2. The lowest BCUT2D eigenvalue weighted by Crippen LogP contribution is -2.47. The fourth-order valence-electron chi connectivity index (χ4n) is 5.51. The van der Waals surface area contributed by atoms with E-state index in [1.807, 2.05) is 51.0 Å². The van der Waals surface area contributed by atoms with E-state index in [0.717, 1.165) is 38.8 Å². The molecule has 0 unspecified atom stereocenters. The van der Waals surface area contributed by atoms with Crippen LogP contribution in [0.15, 0.2) is 48.5 Å². The first-order chi connectivity index (χ1) is 21.1. The zero-order valence-corrected chi connectivity index (χ0v) is 27.6. The summed E-state index contributed by atoms with van der Waals surface area (Å²) < 4.78 is 12.8. The molecule has 9 heteroatoms. The Balaban J connectivity index is 1.87. The van der Waals surface area contributed by atoms with E-state index in [-0.39, 0.29) is 36.5 Å². The van der Waals surface area contributed by atoms with Crippen molar-refractivity contribution in [2.24, 2.45) is 5.92 Å². The number of hydrogen-bond acceptors (Lipinski definition) is 7. The molecule has 2 aromatic carbocycles. The predicted molar refractivity (Wildman–Crippen MR) is 176 cm³/mol. The molecule has 2 amide bonds. The van der Waals surface area contributed by atoms with Gasteiger partial charge in [-0.2, -0.15) is 0 Å². The van der Waals surface area contributed by atoms with Crippen molar-refractivity contribution in [3.05, 3.63) is 59.7 Å². The molecular formula is C35H54N4O5. The zero-order chi connectivity index (χ0) is 32.1. The molecule has 0 bridgehead atoms. The summed E-state index contributed by atoms with van der Waals surface area (Å²) in [6.45, 7) is 9.18. The average molecular weight is 611 g/mol. The van der Waals surface area contributed by atoms with Crippen LogP contribution in [0.1, 0.15) is 68.8 Å². The van der Waals surface area contributed by atoms with Gasteiger partial charge < -0.3 is 29.7 Å². The minimum atomic E-state index is -0.421. The molecule has 0 radical (unpaired) electrons. The Bertz CT molecular complexity index is 1160. The van der Waals surface area contributed by atoms with Gasteiger partial charge in [-0.15, -0.1) is 0 Å². The Morgan fingerprint density at radius 1 is 1.11 bits per heavy atom. The SMILES string of the molecule is C[C@H](CO)N1C[C@H](C)[C@@H](CN(C)Cc2ccccc2)OCCCC[C@H](C)Oc2ccc(NC(=O)CCCN(C)C)cc2C1=O. The summed E-state index contributed by atoms with van der Waals surface area (Å²) >= 11 is 0. The van der Waals surface area contributed by atoms with Crippen LogP contribution in [0.5, 0.6) is 5.75 Å². The normalized spacial score (nSPS) is 21.0. The van der Waals surface area contributed by atoms with Crippen molar-refractivity contribution in [3.8, 4) is 5.75 Å². The van der Waals surface area contributed by atoms with Gasteiger partial charge in [-0.25, -0.2) is 0 Å². The molecule has 0 aliphatic carbocycles. The van der Waals surface area contributed by atoms with Crippen LogP contribution < -0.4 is 10.1 Å². The van der Waals surface area contributed by atoms with E-state index in [4.69, 9.17) is 9.47 Å². The number of nitrogens with one attached hydrogen (secondary N) is 1. The van der Waals surface area contributed by atoms with E-state index in [2.05, 4.69) is 36.3 Å². The van der Waals surface area contributed by atoms with Crippen molar-refractivity contribution in [3.63, 3.8) is 0 Å². The lowest BCUT2D eigenvalue weighted by Gasteiger charge is -2.36. The smallest absolute Gasteiger partial charge is 0.258 e. The Labute approximate surface area is 264 Å². The number of aliphatic hydroxyl groups excluding tert-OH is 1. The zero-order valence-electron chi connectivity index (χ0n) is 27.6. The highest BCUT2D eigenvalue weighted by Gasteiger charge is 2.30. The van der Waals surface area contributed by atoms with Crippen LogP contribution >= 0.6 is 0 Å². The number of ether oxygens (including phenoxy) is 2. The molecule has 244 valence electrons. The highest BCUT2D eigenvalue weighted by molar-refractivity contribution is 5.99. The van der Waals surface area contributed by atoms with Gasteiger partial charge >= 0.3 is 0 Å². The Morgan fingerprint density at radius 2 is 1.86 bits per heavy atom. The Morgan fingerprint density at radius 3 is 2.57 bits per heavy atom. The Hall–Kier alpha value is -2.98. The van der Waals surface area contributed by atoms with Crippen molar-refractivity contribution < 1.29 is 24.2 Å². The molecule has 4 atom stereocenters. The van der Waals surface area contributed by atoms with Crippen LogP contribution in [0.4, 0.5) is 5.69 Å². The summed E-state index contributed by atoms with van der Waals surface area (Å²) in [5.74, 6) is 0.154. The summed E-state index contributed by atoms with van der Waals surface area (Å²) in [6, 6.07) is 15.2. The van der Waals surface area contributed by atoms with Gasteiger partial charge in [0.1, 0.15) is 5.75 Å². The van der Waals surface area contributed by atoms with Crippen molar-refractivity contribution in [1.82, 2.24) is 14.7 Å². The van der Waals surface area contributed by atoms with E-state index in [9.17, 15) is 14.7 Å². The molecule has 0 saturated carbocycles. The average Bonchev–Trinajstić information content (AvgIpc) is 2.98. The summed E-state index contributed by atoms with van der Waals surface area (Å²) in [7, 11) is 6.06. The largest absolute Gasteiger partial charge is 0.490 e. The molecule has 0 fully saturated rings. The molecule has 2 aromatic rings. The molecule has 1 aliphatic rings. The third-order valence-electron chi connectivity index (χ3n) is 8.13. The second-order valence-electron chi connectivity index (χ2n) is 12.6. The number of likely N-dealkylation sites (N-methyl/N-ethyl adjacent to an activating group) is 1. The number of carbonyl (C=O) groups excluding carboxylic acids is 2. The lowest BCUT2D eigenvalue weighted by atomic mass is 10.0. The van der Waals surface area contributed by atoms with Crippen LogP contribution in [-0.4, -0.2) is 104 Å². The van der Waals surface area contributed by atoms with Gasteiger partial charge in [0.15, 0.2) is 0 Å². The van der Waals surface area contributed by atoms with Gasteiger partial charge in [0.2, 0.25) is 5.91 Å². The fraction of sp³-hybridized carbons (Fsp3) is 0.600. The van der Waals surface area contributed by atoms with E-state index in [1.54, 1.807) is 23.1 Å². The van der Waals surface area contributed by atoms with Crippen molar-refractivity contribution in [2.75, 3.05) is 59.3 Å². The standard InChI is InChI=1S/C35H54N4O5/c1-26-22-39(27(2)25-40)35(42)31-21-30(36-34(41)16-12-19-37(4)5)17-18-32(31)44-28(3)13-10-11-20-43-33(26)24-38(6)23-29-14-8-7-9-15-29/h7-9,14-15,17-18,21,26-28,33,40H,10-13,16,19-20,22-25H2,1-6H3,(H,36,41)/t26-,27+,28-,33+/m0/s1. The van der Waals surface area contributed by atoms with Gasteiger partial charge in [-0.05, 0) is 91.0 Å². The lowest BCUT2D eigenvalue weighted by molar-refractivity contribution is -0.116. The van der Waals surface area contributed by atoms with Gasteiger partial charge in [0.05, 0.1) is 30.4 Å². The van der Waals surface area contributed by atoms with Gasteiger partial charge in [-0.3, -0.25) is 14.5 Å². The number of amides is 2. The summed E-state index contributed by atoms with van der Waals surface area (Å²) in [5.41, 5.74) is 2.17. The number of nitrogens with zero attached hydrogens (tertiary/aromatic N) is 3. The molecule has 44 heavy (non-hydrogen) atoms. The molecule has 3 rings (SSSR count). The summed E-state index contributed by atoms with van der Waals surface area (Å²) in [4.78, 5) is 33.0. The number of rotatable bonds is 11. The van der Waals surface area contributed by atoms with Crippen molar-refractivity contribution in [1.29, 1.82) is 0 Å². The Kier molecular flexibility index (Phi) is 14.6. The second-order valence-corrected chi connectivity index (χ2v) is 12.6. The van der Waals surface area contributed by atoms with Crippen LogP contribution in [0.2, 0.25) is 0 Å². The third-order valence-corrected chi connectivity index (χ3v) is 8.13. The minimum absolute atomic E-state index is 0.00279. The van der Waals surface area contributed by atoms with Crippen LogP contribution in [-0.2, 0) is 16.1 Å². The topological polar surface area (TPSA) is 94.6 Å². The quantitative estimate of drug-likeness (QED) is 0.374. The van der Waals surface area contributed by atoms with Crippen LogP contribution in [0.25, 0.3) is 0 Å². The molecule has 2 N–H and O–H groups in total. The molecule has 9 nitrogen and oxygen atoms in total. The number of aliphatic hydroxyl groups is 1. The first-order valence-corrected chi connectivity index (χ1v) is 16.1. The fourth-order valence-corrected chi connectivity index (χ4v) is 5.51. The molecule has 0 aromatic heterocycles. The van der Waals surface area contributed by atoms with Crippen LogP contribution in [0, 0.1) is 5.92 Å². The van der Waals surface area contributed by atoms with Gasteiger partial charge in [-0.1, -0.05) is 37.3 Å². The van der Waals surface area contributed by atoms with E-state index in [0.29, 0.717) is 43.1 Å². The van der Waals surface area contributed by atoms with Gasteiger partial charge in [0, 0.05) is 44.3 Å². The van der Waals surface area contributed by atoms with E-state index in [1.165, 1.54) is 5.56 Å². The molecule has 1 aliphatic heterocycles. The number of hydrogen-bond donors (Lipinski definition) is 2. The molecule has 0 spiro atoms. The number of fused-ring (bicyclic) bond motifs is 1. The maximum atomic E-state index is 14.3. The predicted octanol–water partition coefficient (Wildman–Crippen LogP) is 4.89. The highest BCUT2D eigenvalue weighted by Crippen LogP contribution is 2.28. The van der Waals surface area contributed by atoms with Crippen LogP contribution in [0.3, 0.4) is 0 Å². The maximum absolute atomic E-state index is 14.3. The molecule has 1 heterocycles.